The van der Waals surface area contributed by atoms with Gasteiger partial charge in [-0.2, -0.15) is 0 Å². The van der Waals surface area contributed by atoms with Crippen LogP contribution in [0.1, 0.15) is 31.4 Å². The Morgan fingerprint density at radius 2 is 1.79 bits per heavy atom. The summed E-state index contributed by atoms with van der Waals surface area (Å²) in [7, 11) is 1.61. The maximum atomic E-state index is 12.9. The van der Waals surface area contributed by atoms with E-state index in [0.717, 1.165) is 36.0 Å². The highest BCUT2D eigenvalue weighted by atomic mass is 16.5. The van der Waals surface area contributed by atoms with Gasteiger partial charge in [-0.15, -0.1) is 0 Å². The van der Waals surface area contributed by atoms with Gasteiger partial charge < -0.3 is 15.0 Å². The maximum Gasteiger partial charge on any atom is 0.257 e. The zero-order valence-electron chi connectivity index (χ0n) is 16.8. The second kappa shape index (κ2) is 8.47. The van der Waals surface area contributed by atoms with Crippen LogP contribution in [0.25, 0.3) is 11.0 Å². The third-order valence-corrected chi connectivity index (χ3v) is 5.46. The molecular formula is C23H26N4O2. The van der Waals surface area contributed by atoms with Crippen LogP contribution in [0.15, 0.2) is 54.6 Å². The third-order valence-electron chi connectivity index (χ3n) is 5.46. The molecule has 1 amide bonds. The summed E-state index contributed by atoms with van der Waals surface area (Å²) in [6.45, 7) is 3.46. The van der Waals surface area contributed by atoms with Crippen LogP contribution in [0.2, 0.25) is 0 Å². The van der Waals surface area contributed by atoms with Crippen LogP contribution in [0, 0.1) is 5.92 Å². The van der Waals surface area contributed by atoms with Crippen molar-refractivity contribution in [3.05, 3.63) is 60.2 Å². The van der Waals surface area contributed by atoms with E-state index < -0.39 is 0 Å². The lowest BCUT2D eigenvalue weighted by atomic mass is 9.96. The molecule has 3 aromatic rings. The zero-order chi connectivity index (χ0) is 20.2. The van der Waals surface area contributed by atoms with Gasteiger partial charge in [0.25, 0.3) is 5.88 Å². The second-order valence-corrected chi connectivity index (χ2v) is 7.47. The summed E-state index contributed by atoms with van der Waals surface area (Å²) in [6, 6.07) is 17.8. The molecule has 1 saturated heterocycles. The molecule has 150 valence electrons. The number of carbonyl (C=O) groups is 1. The van der Waals surface area contributed by atoms with Crippen molar-refractivity contribution in [3.8, 4) is 5.88 Å². The van der Waals surface area contributed by atoms with Crippen molar-refractivity contribution in [2.75, 3.05) is 25.1 Å². The van der Waals surface area contributed by atoms with Crippen LogP contribution in [0.3, 0.4) is 0 Å². The van der Waals surface area contributed by atoms with Gasteiger partial charge in [0.05, 0.1) is 30.1 Å². The molecule has 2 aromatic carbocycles. The fourth-order valence-electron chi connectivity index (χ4n) is 3.86. The molecule has 29 heavy (non-hydrogen) atoms. The Morgan fingerprint density at radius 1 is 1.10 bits per heavy atom. The average molecular weight is 390 g/mol. The highest BCUT2D eigenvalue weighted by Crippen LogP contribution is 2.30. The SMILES string of the molecule is COc1nc2ccccc2nc1N1CCC[C@@H](C(=O)N[C@H](C)c2ccccc2)C1. The minimum absolute atomic E-state index is 0.0194. The zero-order valence-corrected chi connectivity index (χ0v) is 16.8. The van der Waals surface area contributed by atoms with Crippen molar-refractivity contribution in [1.82, 2.24) is 15.3 Å². The number of ether oxygens (including phenoxy) is 1. The van der Waals surface area contributed by atoms with Crippen LogP contribution < -0.4 is 15.0 Å². The molecule has 0 aliphatic carbocycles. The molecule has 2 heterocycles. The smallest absolute Gasteiger partial charge is 0.257 e. The molecule has 1 fully saturated rings. The number of hydrogen-bond acceptors (Lipinski definition) is 5. The van der Waals surface area contributed by atoms with Crippen molar-refractivity contribution in [3.63, 3.8) is 0 Å². The predicted molar refractivity (Wildman–Crippen MR) is 114 cm³/mol. The lowest BCUT2D eigenvalue weighted by Gasteiger charge is -2.33. The Bertz CT molecular complexity index is 993. The van der Waals surface area contributed by atoms with Gasteiger partial charge in [0.2, 0.25) is 5.91 Å². The van der Waals surface area contributed by atoms with Crippen LogP contribution in [-0.4, -0.2) is 36.1 Å². The number of hydrogen-bond donors (Lipinski definition) is 1. The van der Waals surface area contributed by atoms with Gasteiger partial charge in [0.15, 0.2) is 5.82 Å². The number of methoxy groups -OCH3 is 1. The van der Waals surface area contributed by atoms with E-state index in [1.807, 2.05) is 61.5 Å². The van der Waals surface area contributed by atoms with E-state index in [9.17, 15) is 4.79 Å². The molecular weight excluding hydrogens is 364 g/mol. The number of benzene rings is 2. The minimum Gasteiger partial charge on any atom is -0.478 e. The fraction of sp³-hybridized carbons (Fsp3) is 0.348. The molecule has 1 aliphatic rings. The van der Waals surface area contributed by atoms with E-state index in [1.165, 1.54) is 0 Å². The normalized spacial score (nSPS) is 17.7. The number of aromatic nitrogens is 2. The molecule has 0 bridgehead atoms. The summed E-state index contributed by atoms with van der Waals surface area (Å²) < 4.78 is 5.51. The van der Waals surface area contributed by atoms with Crippen LogP contribution in [-0.2, 0) is 4.79 Å². The minimum atomic E-state index is -0.0899. The van der Waals surface area contributed by atoms with E-state index in [1.54, 1.807) is 7.11 Å². The van der Waals surface area contributed by atoms with E-state index >= 15 is 0 Å². The van der Waals surface area contributed by atoms with Gasteiger partial charge in [0, 0.05) is 13.1 Å². The van der Waals surface area contributed by atoms with Gasteiger partial charge in [-0.25, -0.2) is 9.97 Å². The standard InChI is InChI=1S/C23H26N4O2/c1-16(17-9-4-3-5-10-17)24-22(28)18-11-8-14-27(15-18)21-23(29-2)26-20-13-7-6-12-19(20)25-21/h3-7,9-10,12-13,16,18H,8,11,14-15H2,1-2H3,(H,24,28)/t16-,18-/m1/s1. The number of amides is 1. The van der Waals surface area contributed by atoms with E-state index in [2.05, 4.69) is 15.2 Å². The first kappa shape index (κ1) is 19.2. The Morgan fingerprint density at radius 3 is 2.52 bits per heavy atom. The predicted octanol–water partition coefficient (Wildman–Crippen LogP) is 3.73. The summed E-state index contributed by atoms with van der Waals surface area (Å²) in [6.07, 6.45) is 1.79. The molecule has 1 aromatic heterocycles. The van der Waals surface area contributed by atoms with E-state index in [-0.39, 0.29) is 17.9 Å². The maximum absolute atomic E-state index is 12.9. The first-order valence-corrected chi connectivity index (χ1v) is 10.1. The summed E-state index contributed by atoms with van der Waals surface area (Å²) in [5.41, 5.74) is 2.74. The van der Waals surface area contributed by atoms with Gasteiger partial charge in [-0.3, -0.25) is 4.79 Å². The number of fused-ring (bicyclic) bond motifs is 1. The van der Waals surface area contributed by atoms with Crippen molar-refractivity contribution in [1.29, 1.82) is 0 Å². The molecule has 1 N–H and O–H groups in total. The van der Waals surface area contributed by atoms with E-state index in [0.29, 0.717) is 18.2 Å². The Labute approximate surface area is 170 Å². The van der Waals surface area contributed by atoms with Crippen LogP contribution in [0.4, 0.5) is 5.82 Å². The van der Waals surface area contributed by atoms with Crippen molar-refractivity contribution < 1.29 is 9.53 Å². The molecule has 2 atom stereocenters. The number of para-hydroxylation sites is 2. The Kier molecular flexibility index (Phi) is 5.60. The van der Waals surface area contributed by atoms with E-state index in [4.69, 9.17) is 9.72 Å². The number of piperidine rings is 1. The lowest BCUT2D eigenvalue weighted by Crippen LogP contribution is -2.44. The molecule has 0 spiro atoms. The molecule has 0 unspecified atom stereocenters. The summed E-state index contributed by atoms with van der Waals surface area (Å²) in [5.74, 6) is 1.20. The van der Waals surface area contributed by atoms with Crippen molar-refractivity contribution in [2.45, 2.75) is 25.8 Å². The molecule has 0 saturated carbocycles. The van der Waals surface area contributed by atoms with Gasteiger partial charge in [-0.05, 0) is 37.5 Å². The molecule has 4 rings (SSSR count). The topological polar surface area (TPSA) is 67.4 Å². The summed E-state index contributed by atoms with van der Waals surface area (Å²) in [4.78, 5) is 24.4. The first-order chi connectivity index (χ1) is 14.2. The number of nitrogens with one attached hydrogen (secondary N) is 1. The Balaban J connectivity index is 1.51. The quantitative estimate of drug-likeness (QED) is 0.719. The number of carbonyl (C=O) groups excluding carboxylic acids is 1. The monoisotopic (exact) mass is 390 g/mol. The van der Waals surface area contributed by atoms with Gasteiger partial charge in [-0.1, -0.05) is 42.5 Å². The number of rotatable bonds is 5. The summed E-state index contributed by atoms with van der Waals surface area (Å²) in [5, 5.41) is 3.16. The summed E-state index contributed by atoms with van der Waals surface area (Å²) >= 11 is 0. The molecule has 0 radical (unpaired) electrons. The number of nitrogens with zero attached hydrogens (tertiary/aromatic N) is 3. The van der Waals surface area contributed by atoms with Crippen LogP contribution in [0.5, 0.6) is 5.88 Å². The lowest BCUT2D eigenvalue weighted by molar-refractivity contribution is -0.125. The van der Waals surface area contributed by atoms with Crippen LogP contribution >= 0.6 is 0 Å². The van der Waals surface area contributed by atoms with Crippen molar-refractivity contribution in [2.24, 2.45) is 5.92 Å². The third kappa shape index (κ3) is 4.16. The van der Waals surface area contributed by atoms with Gasteiger partial charge >= 0.3 is 0 Å². The highest BCUT2D eigenvalue weighted by Gasteiger charge is 2.29. The number of anilines is 1. The van der Waals surface area contributed by atoms with Crippen molar-refractivity contribution >= 4 is 22.8 Å². The molecule has 6 heteroatoms. The van der Waals surface area contributed by atoms with Gasteiger partial charge in [0.1, 0.15) is 0 Å². The Hall–Kier alpha value is -3.15. The fourth-order valence-corrected chi connectivity index (χ4v) is 3.86. The average Bonchev–Trinajstić information content (AvgIpc) is 2.78. The molecule has 6 nitrogen and oxygen atoms in total. The highest BCUT2D eigenvalue weighted by molar-refractivity contribution is 5.81. The second-order valence-electron chi connectivity index (χ2n) is 7.47. The first-order valence-electron chi connectivity index (χ1n) is 10.1. The largest absolute Gasteiger partial charge is 0.478 e. The molecule has 1 aliphatic heterocycles.